The van der Waals surface area contributed by atoms with Gasteiger partial charge < -0.3 is 4.74 Å². The molecule has 0 aliphatic heterocycles. The fraction of sp³-hybridized carbons (Fsp3) is 0.308. The standard InChI is InChI=1S/C13H16N4OS/c1-9(2)12-15-16-13(19)17(12)14-8-10-5-4-6-11(7-10)18-3/h4-9H,1-3H3,(H,16,19)/b14-8-. The van der Waals surface area contributed by atoms with E-state index in [2.05, 4.69) is 15.3 Å². The molecule has 1 aromatic heterocycles. The second kappa shape index (κ2) is 5.79. The molecule has 0 amide bonds. The van der Waals surface area contributed by atoms with E-state index in [1.54, 1.807) is 18.0 Å². The van der Waals surface area contributed by atoms with Crippen molar-refractivity contribution in [3.05, 3.63) is 40.4 Å². The molecule has 1 heterocycles. The van der Waals surface area contributed by atoms with E-state index in [-0.39, 0.29) is 5.92 Å². The molecule has 6 heteroatoms. The summed E-state index contributed by atoms with van der Waals surface area (Å²) in [5, 5.41) is 11.3. The number of benzene rings is 1. The van der Waals surface area contributed by atoms with Gasteiger partial charge in [0.25, 0.3) is 0 Å². The molecule has 2 aromatic rings. The van der Waals surface area contributed by atoms with E-state index in [9.17, 15) is 0 Å². The summed E-state index contributed by atoms with van der Waals surface area (Å²) in [5.74, 6) is 1.85. The number of methoxy groups -OCH3 is 1. The fourth-order valence-corrected chi connectivity index (χ4v) is 1.82. The van der Waals surface area contributed by atoms with Crippen molar-refractivity contribution in [2.45, 2.75) is 19.8 Å². The molecule has 0 aliphatic carbocycles. The molecule has 0 saturated carbocycles. The summed E-state index contributed by atoms with van der Waals surface area (Å²) >= 11 is 5.16. The van der Waals surface area contributed by atoms with Crippen molar-refractivity contribution in [1.29, 1.82) is 0 Å². The largest absolute Gasteiger partial charge is 0.497 e. The molecule has 0 unspecified atom stereocenters. The number of rotatable bonds is 4. The molecule has 0 bridgehead atoms. The van der Waals surface area contributed by atoms with Crippen LogP contribution in [-0.2, 0) is 0 Å². The van der Waals surface area contributed by atoms with Crippen LogP contribution in [0, 0.1) is 4.77 Å². The molecule has 19 heavy (non-hydrogen) atoms. The highest BCUT2D eigenvalue weighted by molar-refractivity contribution is 7.71. The molecule has 0 spiro atoms. The Morgan fingerprint density at radius 2 is 2.26 bits per heavy atom. The maximum Gasteiger partial charge on any atom is 0.216 e. The van der Waals surface area contributed by atoms with Gasteiger partial charge in [-0.05, 0) is 29.9 Å². The SMILES string of the molecule is COc1cccc(/C=N\n2c(C(C)C)n[nH]c2=S)c1. The quantitative estimate of drug-likeness (QED) is 0.690. The molecule has 0 atom stereocenters. The summed E-state index contributed by atoms with van der Waals surface area (Å²) in [6, 6.07) is 7.66. The van der Waals surface area contributed by atoms with Gasteiger partial charge in [-0.2, -0.15) is 14.9 Å². The molecule has 0 aliphatic rings. The van der Waals surface area contributed by atoms with Gasteiger partial charge in [-0.1, -0.05) is 26.0 Å². The number of nitrogens with zero attached hydrogens (tertiary/aromatic N) is 3. The van der Waals surface area contributed by atoms with Crippen LogP contribution in [0.4, 0.5) is 0 Å². The van der Waals surface area contributed by atoms with Gasteiger partial charge >= 0.3 is 0 Å². The lowest BCUT2D eigenvalue weighted by Crippen LogP contribution is -2.00. The van der Waals surface area contributed by atoms with Crippen molar-refractivity contribution < 1.29 is 4.74 Å². The van der Waals surface area contributed by atoms with Crippen molar-refractivity contribution in [1.82, 2.24) is 14.9 Å². The van der Waals surface area contributed by atoms with Gasteiger partial charge in [0.15, 0.2) is 5.82 Å². The molecular weight excluding hydrogens is 260 g/mol. The molecule has 5 nitrogen and oxygen atoms in total. The van der Waals surface area contributed by atoms with Crippen LogP contribution >= 0.6 is 12.2 Å². The maximum absolute atomic E-state index is 5.17. The number of aromatic amines is 1. The Balaban J connectivity index is 2.32. The topological polar surface area (TPSA) is 55.2 Å². The highest BCUT2D eigenvalue weighted by Gasteiger charge is 2.08. The minimum Gasteiger partial charge on any atom is -0.497 e. The molecule has 1 N–H and O–H groups in total. The van der Waals surface area contributed by atoms with Gasteiger partial charge in [0.1, 0.15) is 5.75 Å². The predicted octanol–water partition coefficient (Wildman–Crippen LogP) is 2.95. The Hall–Kier alpha value is -1.95. The highest BCUT2D eigenvalue weighted by atomic mass is 32.1. The number of aromatic nitrogens is 3. The van der Waals surface area contributed by atoms with Crippen LogP contribution < -0.4 is 4.74 Å². The first kappa shape index (κ1) is 13.5. The maximum atomic E-state index is 5.17. The van der Waals surface area contributed by atoms with Crippen LogP contribution in [0.3, 0.4) is 0 Å². The van der Waals surface area contributed by atoms with Crippen LogP contribution in [0.15, 0.2) is 29.4 Å². The average molecular weight is 276 g/mol. The van der Waals surface area contributed by atoms with Crippen molar-refractivity contribution in [3.63, 3.8) is 0 Å². The van der Waals surface area contributed by atoms with Crippen LogP contribution in [0.25, 0.3) is 0 Å². The third-order valence-electron chi connectivity index (χ3n) is 2.61. The summed E-state index contributed by atoms with van der Waals surface area (Å²) in [6.45, 7) is 4.09. The summed E-state index contributed by atoms with van der Waals surface area (Å²) < 4.78 is 7.30. The molecule has 2 rings (SSSR count). The first-order chi connectivity index (χ1) is 9.11. The number of hydrogen-bond donors (Lipinski definition) is 1. The van der Waals surface area contributed by atoms with Crippen molar-refractivity contribution in [2.75, 3.05) is 7.11 Å². The summed E-state index contributed by atoms with van der Waals surface area (Å²) in [7, 11) is 1.64. The van der Waals surface area contributed by atoms with Crippen LogP contribution in [0.2, 0.25) is 0 Å². The van der Waals surface area contributed by atoms with Gasteiger partial charge in [0.2, 0.25) is 4.77 Å². The zero-order valence-corrected chi connectivity index (χ0v) is 11.9. The second-order valence-electron chi connectivity index (χ2n) is 4.37. The molecule has 1 aromatic carbocycles. The van der Waals surface area contributed by atoms with Crippen LogP contribution in [0.5, 0.6) is 5.75 Å². The molecular formula is C13H16N4OS. The molecule has 0 radical (unpaired) electrons. The first-order valence-electron chi connectivity index (χ1n) is 5.97. The van der Waals surface area contributed by atoms with E-state index >= 15 is 0 Å². The lowest BCUT2D eigenvalue weighted by molar-refractivity contribution is 0.414. The lowest BCUT2D eigenvalue weighted by atomic mass is 10.2. The van der Waals surface area contributed by atoms with E-state index in [0.717, 1.165) is 17.1 Å². The fourth-order valence-electron chi connectivity index (χ4n) is 1.64. The Kier molecular flexibility index (Phi) is 4.11. The smallest absolute Gasteiger partial charge is 0.216 e. The number of ether oxygens (including phenoxy) is 1. The van der Waals surface area contributed by atoms with Gasteiger partial charge in [-0.15, -0.1) is 0 Å². The minimum absolute atomic E-state index is 0.246. The number of nitrogens with one attached hydrogen (secondary N) is 1. The van der Waals surface area contributed by atoms with E-state index in [1.807, 2.05) is 38.1 Å². The molecule has 100 valence electrons. The van der Waals surface area contributed by atoms with Crippen LogP contribution in [0.1, 0.15) is 31.2 Å². The third kappa shape index (κ3) is 3.08. The van der Waals surface area contributed by atoms with E-state index in [0.29, 0.717) is 4.77 Å². The van der Waals surface area contributed by atoms with Gasteiger partial charge in [0, 0.05) is 5.92 Å². The van der Waals surface area contributed by atoms with Gasteiger partial charge in [-0.25, -0.2) is 0 Å². The van der Waals surface area contributed by atoms with Gasteiger partial charge in [0.05, 0.1) is 13.3 Å². The zero-order chi connectivity index (χ0) is 13.8. The Morgan fingerprint density at radius 1 is 1.47 bits per heavy atom. The third-order valence-corrected chi connectivity index (χ3v) is 2.87. The highest BCUT2D eigenvalue weighted by Crippen LogP contribution is 2.13. The summed E-state index contributed by atoms with van der Waals surface area (Å²) in [4.78, 5) is 0. The van der Waals surface area contributed by atoms with Crippen LogP contribution in [-0.4, -0.2) is 28.2 Å². The average Bonchev–Trinajstić information content (AvgIpc) is 2.78. The van der Waals surface area contributed by atoms with Crippen molar-refractivity contribution in [2.24, 2.45) is 5.10 Å². The van der Waals surface area contributed by atoms with E-state index in [1.165, 1.54) is 0 Å². The van der Waals surface area contributed by atoms with Crippen molar-refractivity contribution >= 4 is 18.4 Å². The summed E-state index contributed by atoms with van der Waals surface area (Å²) in [5.41, 5.74) is 0.942. The van der Waals surface area contributed by atoms with E-state index < -0.39 is 0 Å². The summed E-state index contributed by atoms with van der Waals surface area (Å²) in [6.07, 6.45) is 1.74. The Morgan fingerprint density at radius 3 is 2.95 bits per heavy atom. The number of H-pyrrole nitrogens is 1. The zero-order valence-electron chi connectivity index (χ0n) is 11.1. The normalized spacial score (nSPS) is 11.4. The Labute approximate surface area is 116 Å². The second-order valence-corrected chi connectivity index (χ2v) is 4.76. The predicted molar refractivity (Wildman–Crippen MR) is 77.5 cm³/mol. The minimum atomic E-state index is 0.246. The van der Waals surface area contributed by atoms with Gasteiger partial charge in [-0.3, -0.25) is 5.10 Å². The molecule has 0 fully saturated rings. The Bertz CT molecular complexity index is 642. The lowest BCUT2D eigenvalue weighted by Gasteiger charge is -2.03. The monoisotopic (exact) mass is 276 g/mol. The van der Waals surface area contributed by atoms with Crippen molar-refractivity contribution in [3.8, 4) is 5.75 Å². The number of hydrogen-bond acceptors (Lipinski definition) is 4. The first-order valence-corrected chi connectivity index (χ1v) is 6.38. The molecule has 0 saturated heterocycles. The van der Waals surface area contributed by atoms with E-state index in [4.69, 9.17) is 17.0 Å².